The van der Waals surface area contributed by atoms with Gasteiger partial charge in [-0.2, -0.15) is 0 Å². The average molecular weight is 292 g/mol. The summed E-state index contributed by atoms with van der Waals surface area (Å²) in [5.74, 6) is 0. The zero-order valence-electron chi connectivity index (χ0n) is 11.4. The SMILES string of the molecule is Cn1ccc2ccc(-c3cnc(-c4cccnc4)s3)nc21. The molecule has 4 rings (SSSR count). The van der Waals surface area contributed by atoms with Crippen LogP contribution in [0, 0.1) is 0 Å². The van der Waals surface area contributed by atoms with E-state index in [4.69, 9.17) is 4.98 Å². The summed E-state index contributed by atoms with van der Waals surface area (Å²) in [7, 11) is 2.01. The summed E-state index contributed by atoms with van der Waals surface area (Å²) in [5, 5.41) is 2.12. The fourth-order valence-corrected chi connectivity index (χ4v) is 3.16. The Bertz CT molecular complexity index is 908. The van der Waals surface area contributed by atoms with Crippen molar-refractivity contribution in [2.24, 2.45) is 7.05 Å². The second kappa shape index (κ2) is 4.79. The van der Waals surface area contributed by atoms with E-state index in [-0.39, 0.29) is 0 Å². The number of thiazole rings is 1. The molecule has 0 atom stereocenters. The molecule has 0 spiro atoms. The smallest absolute Gasteiger partial charge is 0.140 e. The van der Waals surface area contributed by atoms with Crippen LogP contribution < -0.4 is 0 Å². The summed E-state index contributed by atoms with van der Waals surface area (Å²) in [6.45, 7) is 0. The van der Waals surface area contributed by atoms with Crippen LogP contribution >= 0.6 is 11.3 Å². The molecule has 0 aliphatic heterocycles. The van der Waals surface area contributed by atoms with Crippen molar-refractivity contribution in [3.05, 3.63) is 55.1 Å². The summed E-state index contributed by atoms with van der Waals surface area (Å²) < 4.78 is 2.03. The van der Waals surface area contributed by atoms with Crippen LogP contribution in [0.2, 0.25) is 0 Å². The third-order valence-electron chi connectivity index (χ3n) is 3.38. The highest BCUT2D eigenvalue weighted by molar-refractivity contribution is 7.18. The summed E-state index contributed by atoms with van der Waals surface area (Å²) >= 11 is 1.63. The molecule has 4 nitrogen and oxygen atoms in total. The van der Waals surface area contributed by atoms with Crippen molar-refractivity contribution in [1.82, 2.24) is 19.5 Å². The van der Waals surface area contributed by atoms with Gasteiger partial charge in [-0.25, -0.2) is 9.97 Å². The quantitative estimate of drug-likeness (QED) is 0.565. The van der Waals surface area contributed by atoms with E-state index in [0.29, 0.717) is 0 Å². The van der Waals surface area contributed by atoms with Gasteiger partial charge in [-0.3, -0.25) is 4.98 Å². The molecule has 0 N–H and O–H groups in total. The Morgan fingerprint density at radius 3 is 2.90 bits per heavy atom. The highest BCUT2D eigenvalue weighted by Gasteiger charge is 2.09. The Kier molecular flexibility index (Phi) is 2.79. The maximum Gasteiger partial charge on any atom is 0.140 e. The van der Waals surface area contributed by atoms with Crippen LogP contribution in [0.25, 0.3) is 32.2 Å². The minimum absolute atomic E-state index is 0.956. The summed E-state index contributed by atoms with van der Waals surface area (Å²) in [4.78, 5) is 14.4. The molecule has 0 radical (unpaired) electrons. The van der Waals surface area contributed by atoms with Crippen LogP contribution in [-0.2, 0) is 7.05 Å². The minimum Gasteiger partial charge on any atom is -0.336 e. The number of aromatic nitrogens is 4. The first kappa shape index (κ1) is 12.2. The molecule has 0 aromatic carbocycles. The lowest BCUT2D eigenvalue weighted by molar-refractivity contribution is 0.949. The zero-order chi connectivity index (χ0) is 14.2. The first-order valence-electron chi connectivity index (χ1n) is 6.60. The highest BCUT2D eigenvalue weighted by Crippen LogP contribution is 2.31. The van der Waals surface area contributed by atoms with Gasteiger partial charge in [0.1, 0.15) is 10.7 Å². The molecule has 0 bridgehead atoms. The monoisotopic (exact) mass is 292 g/mol. The van der Waals surface area contributed by atoms with E-state index in [9.17, 15) is 0 Å². The molecule has 4 heterocycles. The van der Waals surface area contributed by atoms with E-state index in [0.717, 1.165) is 32.2 Å². The van der Waals surface area contributed by atoms with Crippen molar-refractivity contribution in [1.29, 1.82) is 0 Å². The van der Waals surface area contributed by atoms with Gasteiger partial charge in [0.2, 0.25) is 0 Å². The Balaban J connectivity index is 1.79. The minimum atomic E-state index is 0.956. The number of rotatable bonds is 2. The molecule has 0 fully saturated rings. The third-order valence-corrected chi connectivity index (χ3v) is 4.45. The van der Waals surface area contributed by atoms with Gasteiger partial charge < -0.3 is 4.57 Å². The van der Waals surface area contributed by atoms with Crippen molar-refractivity contribution in [3.8, 4) is 21.1 Å². The summed E-state index contributed by atoms with van der Waals surface area (Å²) in [6.07, 6.45) is 7.50. The first-order valence-corrected chi connectivity index (χ1v) is 7.41. The topological polar surface area (TPSA) is 43.6 Å². The molecular formula is C16H12N4S. The van der Waals surface area contributed by atoms with Gasteiger partial charge in [-0.1, -0.05) is 0 Å². The van der Waals surface area contributed by atoms with E-state index in [2.05, 4.69) is 22.1 Å². The van der Waals surface area contributed by atoms with Crippen LogP contribution in [0.15, 0.2) is 55.1 Å². The Hall–Kier alpha value is -2.53. The van der Waals surface area contributed by atoms with Gasteiger partial charge in [0.15, 0.2) is 0 Å². The molecule has 0 unspecified atom stereocenters. The molecule has 5 heteroatoms. The van der Waals surface area contributed by atoms with E-state index in [1.54, 1.807) is 17.5 Å². The Labute approximate surface area is 125 Å². The first-order chi connectivity index (χ1) is 10.3. The van der Waals surface area contributed by atoms with Crippen molar-refractivity contribution in [2.45, 2.75) is 0 Å². The molecule has 4 aromatic heterocycles. The summed E-state index contributed by atoms with van der Waals surface area (Å²) in [5.41, 5.74) is 2.98. The van der Waals surface area contributed by atoms with E-state index in [1.807, 2.05) is 48.4 Å². The molecule has 4 aromatic rings. The lowest BCUT2D eigenvalue weighted by Crippen LogP contribution is -1.89. The zero-order valence-corrected chi connectivity index (χ0v) is 12.2. The van der Waals surface area contributed by atoms with E-state index < -0.39 is 0 Å². The van der Waals surface area contributed by atoms with Gasteiger partial charge in [-0.05, 0) is 30.3 Å². The molecule has 0 saturated heterocycles. The highest BCUT2D eigenvalue weighted by atomic mass is 32.1. The lowest BCUT2D eigenvalue weighted by atomic mass is 10.3. The summed E-state index contributed by atoms with van der Waals surface area (Å²) in [6, 6.07) is 10.2. The van der Waals surface area contributed by atoms with Crippen LogP contribution in [0.4, 0.5) is 0 Å². The number of fused-ring (bicyclic) bond motifs is 1. The van der Waals surface area contributed by atoms with Crippen LogP contribution in [-0.4, -0.2) is 19.5 Å². The van der Waals surface area contributed by atoms with Gasteiger partial charge >= 0.3 is 0 Å². The van der Waals surface area contributed by atoms with Crippen molar-refractivity contribution in [3.63, 3.8) is 0 Å². The molecular weight excluding hydrogens is 280 g/mol. The number of pyridine rings is 2. The van der Waals surface area contributed by atoms with Crippen molar-refractivity contribution in [2.75, 3.05) is 0 Å². The number of aryl methyl sites for hydroxylation is 1. The van der Waals surface area contributed by atoms with E-state index in [1.165, 1.54) is 0 Å². The predicted octanol–water partition coefficient (Wildman–Crippen LogP) is 3.76. The number of hydrogen-bond acceptors (Lipinski definition) is 4. The lowest BCUT2D eigenvalue weighted by Gasteiger charge is -1.99. The molecule has 0 aliphatic carbocycles. The van der Waals surface area contributed by atoms with Crippen LogP contribution in [0.1, 0.15) is 0 Å². The second-order valence-electron chi connectivity index (χ2n) is 4.81. The normalized spacial score (nSPS) is 11.1. The van der Waals surface area contributed by atoms with Crippen LogP contribution in [0.3, 0.4) is 0 Å². The molecule has 21 heavy (non-hydrogen) atoms. The standard InChI is InChI=1S/C16H12N4S/c1-20-8-6-11-4-5-13(19-15(11)20)14-10-18-16(21-14)12-3-2-7-17-9-12/h2-10H,1H3. The van der Waals surface area contributed by atoms with Gasteiger partial charge in [0.25, 0.3) is 0 Å². The fraction of sp³-hybridized carbons (Fsp3) is 0.0625. The maximum atomic E-state index is 4.73. The number of hydrogen-bond donors (Lipinski definition) is 0. The fourth-order valence-electron chi connectivity index (χ4n) is 2.29. The molecule has 0 saturated carbocycles. The van der Waals surface area contributed by atoms with E-state index >= 15 is 0 Å². The van der Waals surface area contributed by atoms with Crippen molar-refractivity contribution < 1.29 is 0 Å². The van der Waals surface area contributed by atoms with Gasteiger partial charge in [-0.15, -0.1) is 11.3 Å². The Morgan fingerprint density at radius 2 is 2.05 bits per heavy atom. The molecule has 0 aliphatic rings. The van der Waals surface area contributed by atoms with Gasteiger partial charge in [0.05, 0.1) is 10.6 Å². The third kappa shape index (κ3) is 2.11. The van der Waals surface area contributed by atoms with Crippen LogP contribution in [0.5, 0.6) is 0 Å². The van der Waals surface area contributed by atoms with Gasteiger partial charge in [0, 0.05) is 42.8 Å². The maximum absolute atomic E-state index is 4.73. The second-order valence-corrected chi connectivity index (χ2v) is 5.84. The van der Waals surface area contributed by atoms with Crippen molar-refractivity contribution >= 4 is 22.4 Å². The largest absolute Gasteiger partial charge is 0.336 e. The molecule has 102 valence electrons. The Morgan fingerprint density at radius 1 is 1.10 bits per heavy atom. The predicted molar refractivity (Wildman–Crippen MR) is 85.1 cm³/mol. The molecule has 0 amide bonds. The average Bonchev–Trinajstić information content (AvgIpc) is 3.16. The number of nitrogens with zero attached hydrogens (tertiary/aromatic N) is 4.